The molecule has 1 aliphatic rings. The SMILES string of the molecule is Cc1nc(C(=O)Nc2cc(C)on2)cc(N2CCOCC2)n1. The van der Waals surface area contributed by atoms with Crippen LogP contribution in [0.25, 0.3) is 0 Å². The number of hydrogen-bond acceptors (Lipinski definition) is 7. The molecule has 0 aromatic carbocycles. The third-order valence-corrected chi connectivity index (χ3v) is 3.26. The highest BCUT2D eigenvalue weighted by Crippen LogP contribution is 2.16. The number of carbonyl (C=O) groups is 1. The fourth-order valence-corrected chi connectivity index (χ4v) is 2.23. The molecule has 0 aliphatic carbocycles. The predicted octanol–water partition coefficient (Wildman–Crippen LogP) is 1.17. The molecule has 1 fully saturated rings. The Labute approximate surface area is 127 Å². The summed E-state index contributed by atoms with van der Waals surface area (Å²) >= 11 is 0. The van der Waals surface area contributed by atoms with Gasteiger partial charge in [-0.3, -0.25) is 4.79 Å². The van der Waals surface area contributed by atoms with Crippen LogP contribution in [0.15, 0.2) is 16.7 Å². The van der Waals surface area contributed by atoms with Gasteiger partial charge in [0.25, 0.3) is 5.91 Å². The van der Waals surface area contributed by atoms with Gasteiger partial charge in [0.1, 0.15) is 23.1 Å². The molecule has 0 atom stereocenters. The molecule has 1 N–H and O–H groups in total. The second kappa shape index (κ2) is 6.10. The van der Waals surface area contributed by atoms with Crippen molar-refractivity contribution in [1.82, 2.24) is 15.1 Å². The fraction of sp³-hybridized carbons (Fsp3) is 0.429. The van der Waals surface area contributed by atoms with Gasteiger partial charge in [-0.05, 0) is 13.8 Å². The quantitative estimate of drug-likeness (QED) is 0.909. The third-order valence-electron chi connectivity index (χ3n) is 3.26. The molecular weight excluding hydrogens is 286 g/mol. The number of rotatable bonds is 3. The van der Waals surface area contributed by atoms with Crippen molar-refractivity contribution in [2.75, 3.05) is 36.5 Å². The van der Waals surface area contributed by atoms with Crippen LogP contribution in [0, 0.1) is 13.8 Å². The van der Waals surface area contributed by atoms with E-state index in [1.54, 1.807) is 26.0 Å². The summed E-state index contributed by atoms with van der Waals surface area (Å²) in [5.74, 6) is 1.94. The molecule has 1 amide bonds. The average Bonchev–Trinajstić information content (AvgIpc) is 2.92. The van der Waals surface area contributed by atoms with Crippen LogP contribution >= 0.6 is 0 Å². The monoisotopic (exact) mass is 303 g/mol. The number of morpholine rings is 1. The summed E-state index contributed by atoms with van der Waals surface area (Å²) < 4.78 is 10.3. The third kappa shape index (κ3) is 3.22. The van der Waals surface area contributed by atoms with Crippen LogP contribution in [0.4, 0.5) is 11.6 Å². The Morgan fingerprint density at radius 2 is 2.00 bits per heavy atom. The topological polar surface area (TPSA) is 93.4 Å². The molecule has 8 nitrogen and oxygen atoms in total. The molecule has 0 spiro atoms. The smallest absolute Gasteiger partial charge is 0.275 e. The van der Waals surface area contributed by atoms with Gasteiger partial charge in [-0.15, -0.1) is 0 Å². The normalized spacial score (nSPS) is 14.9. The van der Waals surface area contributed by atoms with Crippen molar-refractivity contribution in [2.24, 2.45) is 0 Å². The van der Waals surface area contributed by atoms with Crippen LogP contribution in [0.3, 0.4) is 0 Å². The number of nitrogens with zero attached hydrogens (tertiary/aromatic N) is 4. The Bertz CT molecular complexity index is 679. The summed E-state index contributed by atoms with van der Waals surface area (Å²) in [7, 11) is 0. The number of anilines is 2. The van der Waals surface area contributed by atoms with Crippen LogP contribution in [-0.2, 0) is 4.74 Å². The zero-order valence-electron chi connectivity index (χ0n) is 12.5. The fourth-order valence-electron chi connectivity index (χ4n) is 2.23. The molecule has 3 rings (SSSR count). The predicted molar refractivity (Wildman–Crippen MR) is 79.0 cm³/mol. The van der Waals surface area contributed by atoms with E-state index >= 15 is 0 Å². The lowest BCUT2D eigenvalue weighted by molar-refractivity contribution is 0.102. The van der Waals surface area contributed by atoms with Gasteiger partial charge in [-0.1, -0.05) is 5.16 Å². The first kappa shape index (κ1) is 14.5. The summed E-state index contributed by atoms with van der Waals surface area (Å²) in [5.41, 5.74) is 0.301. The zero-order chi connectivity index (χ0) is 15.5. The lowest BCUT2D eigenvalue weighted by atomic mass is 10.3. The highest BCUT2D eigenvalue weighted by molar-refractivity contribution is 6.02. The van der Waals surface area contributed by atoms with Crippen molar-refractivity contribution in [2.45, 2.75) is 13.8 Å². The maximum absolute atomic E-state index is 12.3. The Morgan fingerprint density at radius 3 is 2.68 bits per heavy atom. The highest BCUT2D eigenvalue weighted by atomic mass is 16.5. The highest BCUT2D eigenvalue weighted by Gasteiger charge is 2.17. The molecular formula is C14H17N5O3. The molecule has 0 saturated carbocycles. The molecule has 116 valence electrons. The van der Waals surface area contributed by atoms with Gasteiger partial charge >= 0.3 is 0 Å². The van der Waals surface area contributed by atoms with Crippen molar-refractivity contribution in [1.29, 1.82) is 0 Å². The summed E-state index contributed by atoms with van der Waals surface area (Å²) in [6, 6.07) is 3.33. The first-order chi connectivity index (χ1) is 10.6. The van der Waals surface area contributed by atoms with Gasteiger partial charge in [-0.2, -0.15) is 0 Å². The minimum atomic E-state index is -0.340. The molecule has 2 aromatic rings. The zero-order valence-corrected chi connectivity index (χ0v) is 12.5. The summed E-state index contributed by atoms with van der Waals surface area (Å²) in [4.78, 5) is 23.0. The first-order valence-corrected chi connectivity index (χ1v) is 7.05. The molecule has 22 heavy (non-hydrogen) atoms. The van der Waals surface area contributed by atoms with Crippen molar-refractivity contribution < 1.29 is 14.1 Å². The number of hydrogen-bond donors (Lipinski definition) is 1. The molecule has 0 bridgehead atoms. The van der Waals surface area contributed by atoms with Crippen LogP contribution in [0.2, 0.25) is 0 Å². The second-order valence-corrected chi connectivity index (χ2v) is 5.03. The van der Waals surface area contributed by atoms with Gasteiger partial charge < -0.3 is 19.5 Å². The van der Waals surface area contributed by atoms with Crippen molar-refractivity contribution in [3.63, 3.8) is 0 Å². The van der Waals surface area contributed by atoms with E-state index in [9.17, 15) is 4.79 Å². The molecule has 8 heteroatoms. The van der Waals surface area contributed by atoms with Crippen molar-refractivity contribution in [3.8, 4) is 0 Å². The number of carbonyl (C=O) groups excluding carboxylic acids is 1. The number of aromatic nitrogens is 3. The minimum Gasteiger partial charge on any atom is -0.378 e. The van der Waals surface area contributed by atoms with Gasteiger partial charge in [0, 0.05) is 25.2 Å². The average molecular weight is 303 g/mol. The van der Waals surface area contributed by atoms with E-state index in [2.05, 4.69) is 25.3 Å². The van der Waals surface area contributed by atoms with E-state index in [4.69, 9.17) is 9.26 Å². The van der Waals surface area contributed by atoms with Crippen LogP contribution in [-0.4, -0.2) is 47.3 Å². The van der Waals surface area contributed by atoms with Gasteiger partial charge in [0.05, 0.1) is 13.2 Å². The van der Waals surface area contributed by atoms with Crippen LogP contribution < -0.4 is 10.2 Å². The Morgan fingerprint density at radius 1 is 1.23 bits per heavy atom. The van der Waals surface area contributed by atoms with E-state index in [0.717, 1.165) is 18.9 Å². The van der Waals surface area contributed by atoms with Gasteiger partial charge in [0.2, 0.25) is 0 Å². The summed E-state index contributed by atoms with van der Waals surface area (Å²) in [6.45, 7) is 6.33. The molecule has 1 saturated heterocycles. The lowest BCUT2D eigenvalue weighted by Crippen LogP contribution is -2.37. The Balaban J connectivity index is 1.80. The second-order valence-electron chi connectivity index (χ2n) is 5.03. The minimum absolute atomic E-state index is 0.301. The maximum Gasteiger partial charge on any atom is 0.275 e. The maximum atomic E-state index is 12.3. The van der Waals surface area contributed by atoms with E-state index in [-0.39, 0.29) is 5.91 Å². The van der Waals surface area contributed by atoms with Gasteiger partial charge in [0.15, 0.2) is 5.82 Å². The Hall–Kier alpha value is -2.48. The summed E-state index contributed by atoms with van der Waals surface area (Å²) in [6.07, 6.45) is 0. The molecule has 0 unspecified atom stereocenters. The number of ether oxygens (including phenoxy) is 1. The number of aryl methyl sites for hydroxylation is 2. The molecule has 2 aromatic heterocycles. The molecule has 1 aliphatic heterocycles. The number of amides is 1. The van der Waals surface area contributed by atoms with Crippen molar-refractivity contribution >= 4 is 17.5 Å². The lowest BCUT2D eigenvalue weighted by Gasteiger charge is -2.28. The largest absolute Gasteiger partial charge is 0.378 e. The molecule has 3 heterocycles. The van der Waals surface area contributed by atoms with E-state index in [1.165, 1.54) is 0 Å². The van der Waals surface area contributed by atoms with E-state index in [1.807, 2.05) is 0 Å². The standard InChI is InChI=1S/C14H17N5O3/c1-9-7-12(18-22-9)17-14(20)11-8-13(16-10(2)15-11)19-3-5-21-6-4-19/h7-8H,3-6H2,1-2H3,(H,17,18,20). The number of nitrogens with one attached hydrogen (secondary N) is 1. The van der Waals surface area contributed by atoms with Crippen LogP contribution in [0.1, 0.15) is 22.1 Å². The van der Waals surface area contributed by atoms with Gasteiger partial charge in [-0.25, -0.2) is 9.97 Å². The van der Waals surface area contributed by atoms with Crippen molar-refractivity contribution in [3.05, 3.63) is 29.4 Å². The Kier molecular flexibility index (Phi) is 4.01. The van der Waals surface area contributed by atoms with E-state index in [0.29, 0.717) is 36.3 Å². The van der Waals surface area contributed by atoms with E-state index < -0.39 is 0 Å². The molecule has 0 radical (unpaired) electrons. The first-order valence-electron chi connectivity index (χ1n) is 7.05. The van der Waals surface area contributed by atoms with Crippen LogP contribution in [0.5, 0.6) is 0 Å². The summed E-state index contributed by atoms with van der Waals surface area (Å²) in [5, 5.41) is 6.40.